The number of nitrogens with zero attached hydrogens (tertiary/aromatic N) is 6. The fourth-order valence-corrected chi connectivity index (χ4v) is 6.56. The number of carbonyl (C=O) groups is 2. The molecule has 0 bridgehead atoms. The van der Waals surface area contributed by atoms with Gasteiger partial charge in [-0.3, -0.25) is 4.98 Å². The molecule has 0 saturated carbocycles. The third-order valence-corrected chi connectivity index (χ3v) is 9.40. The van der Waals surface area contributed by atoms with Gasteiger partial charge in [-0.15, -0.1) is 16.4 Å². The van der Waals surface area contributed by atoms with Gasteiger partial charge in [0.25, 0.3) is 0 Å². The Labute approximate surface area is 305 Å². The van der Waals surface area contributed by atoms with Crippen molar-refractivity contribution in [2.45, 2.75) is 25.9 Å². The second-order valence-electron chi connectivity index (χ2n) is 12.2. The number of fused-ring (bicyclic) bond motifs is 1. The molecule has 3 amide bonds. The molecule has 0 atom stereocenters. The molecule has 0 spiro atoms. The lowest BCUT2D eigenvalue weighted by Crippen LogP contribution is -2.31. The molecular weight excluding hydrogens is 677 g/mol. The number of nitrogens with one attached hydrogen (secondary N) is 2. The van der Waals surface area contributed by atoms with E-state index in [0.29, 0.717) is 45.0 Å². The van der Waals surface area contributed by atoms with Crippen LogP contribution in [0.25, 0.3) is 39.3 Å². The maximum Gasteiger partial charge on any atom is 0.407 e. The molecule has 1 aliphatic rings. The van der Waals surface area contributed by atoms with Crippen LogP contribution in [0.5, 0.6) is 5.75 Å². The SMILES string of the molecule is O=C(NCCCCc1cn(-c2ccc(-c3nc(/C=C/c4ccc5ncccc5c4)cs3)c(OCCN3CCNC3=O)c2)nn1)OCc1ccccc1. The highest BCUT2D eigenvalue weighted by molar-refractivity contribution is 7.13. The van der Waals surface area contributed by atoms with Crippen molar-refractivity contribution in [3.63, 3.8) is 0 Å². The highest BCUT2D eigenvalue weighted by Gasteiger charge is 2.20. The Kier molecular flexibility index (Phi) is 11.1. The summed E-state index contributed by atoms with van der Waals surface area (Å²) in [6.07, 6.45) is 9.65. The summed E-state index contributed by atoms with van der Waals surface area (Å²) in [5, 5.41) is 18.3. The van der Waals surface area contributed by atoms with E-state index >= 15 is 0 Å². The van der Waals surface area contributed by atoms with E-state index in [9.17, 15) is 9.59 Å². The van der Waals surface area contributed by atoms with Crippen LogP contribution in [0.3, 0.4) is 0 Å². The van der Waals surface area contributed by atoms with Gasteiger partial charge in [0, 0.05) is 42.7 Å². The molecule has 6 aromatic rings. The first-order chi connectivity index (χ1) is 25.6. The van der Waals surface area contributed by atoms with Gasteiger partial charge in [-0.1, -0.05) is 53.8 Å². The Hall–Kier alpha value is -6.08. The maximum absolute atomic E-state index is 12.1. The Morgan fingerprint density at radius 3 is 2.83 bits per heavy atom. The summed E-state index contributed by atoms with van der Waals surface area (Å²) in [7, 11) is 0. The zero-order valence-corrected chi connectivity index (χ0v) is 29.3. The fourth-order valence-electron chi connectivity index (χ4n) is 5.74. The molecule has 0 radical (unpaired) electrons. The predicted octanol–water partition coefficient (Wildman–Crippen LogP) is 6.76. The zero-order valence-electron chi connectivity index (χ0n) is 28.5. The molecule has 0 aliphatic carbocycles. The van der Waals surface area contributed by atoms with E-state index < -0.39 is 6.09 Å². The molecule has 3 aromatic heterocycles. The summed E-state index contributed by atoms with van der Waals surface area (Å²) in [6.45, 7) is 2.84. The highest BCUT2D eigenvalue weighted by Crippen LogP contribution is 2.34. The predicted molar refractivity (Wildman–Crippen MR) is 201 cm³/mol. The number of ether oxygens (including phenoxy) is 2. The Balaban J connectivity index is 0.982. The number of rotatable bonds is 15. The Morgan fingerprint density at radius 1 is 1.02 bits per heavy atom. The average molecular weight is 715 g/mol. The van der Waals surface area contributed by atoms with Gasteiger partial charge >= 0.3 is 12.1 Å². The Bertz CT molecular complexity index is 2170. The first-order valence-electron chi connectivity index (χ1n) is 17.2. The van der Waals surface area contributed by atoms with Crippen LogP contribution in [0.15, 0.2) is 96.6 Å². The first kappa shape index (κ1) is 34.4. The standard InChI is InChI=1S/C39H38N8O4S/c48-38-41-19-20-46(38)21-22-50-36-24-33(47-25-31(44-45-47)10-4-5-17-42-39(49)51-26-29-7-2-1-3-8-29)14-15-34(36)37-43-32(27-52-37)13-11-28-12-16-35-30(23-28)9-6-18-40-35/h1-3,6-9,11-16,18,23-25,27H,4-5,10,17,19-22,26H2,(H,41,48)(H,42,49)/b13-11+. The van der Waals surface area contributed by atoms with Crippen molar-refractivity contribution in [1.82, 2.24) is 40.5 Å². The van der Waals surface area contributed by atoms with Gasteiger partial charge in [0.2, 0.25) is 0 Å². The van der Waals surface area contributed by atoms with E-state index in [1.165, 1.54) is 0 Å². The molecule has 13 heteroatoms. The number of alkyl carbamates (subject to hydrolysis) is 1. The molecule has 3 aromatic carbocycles. The number of amides is 3. The smallest absolute Gasteiger partial charge is 0.407 e. The second-order valence-corrected chi connectivity index (χ2v) is 13.1. The number of pyridine rings is 1. The van der Waals surface area contributed by atoms with Crippen molar-refractivity contribution in [1.29, 1.82) is 0 Å². The number of thiazole rings is 1. The van der Waals surface area contributed by atoms with Crippen molar-refractivity contribution < 1.29 is 19.1 Å². The number of benzene rings is 3. The lowest BCUT2D eigenvalue weighted by Gasteiger charge is -2.16. The molecule has 7 rings (SSSR count). The molecule has 1 aliphatic heterocycles. The lowest BCUT2D eigenvalue weighted by atomic mass is 10.1. The van der Waals surface area contributed by atoms with Crippen molar-refractivity contribution in [3.05, 3.63) is 119 Å². The van der Waals surface area contributed by atoms with Gasteiger partial charge in [0.05, 0.1) is 40.9 Å². The molecule has 264 valence electrons. The highest BCUT2D eigenvalue weighted by atomic mass is 32.1. The monoisotopic (exact) mass is 714 g/mol. The summed E-state index contributed by atoms with van der Waals surface area (Å²) in [5.74, 6) is 0.645. The summed E-state index contributed by atoms with van der Waals surface area (Å²) < 4.78 is 13.3. The number of hydrogen-bond donors (Lipinski definition) is 2. The molecular formula is C39H38N8O4S. The first-order valence-corrected chi connectivity index (χ1v) is 18.1. The van der Waals surface area contributed by atoms with E-state index in [4.69, 9.17) is 14.5 Å². The van der Waals surface area contributed by atoms with E-state index in [1.54, 1.807) is 27.1 Å². The van der Waals surface area contributed by atoms with Crippen molar-refractivity contribution in [2.24, 2.45) is 0 Å². The number of urea groups is 1. The van der Waals surface area contributed by atoms with Crippen LogP contribution in [0, 0.1) is 0 Å². The minimum atomic E-state index is -0.427. The summed E-state index contributed by atoms with van der Waals surface area (Å²) in [4.78, 5) is 35.2. The number of hydrogen-bond acceptors (Lipinski definition) is 9. The molecule has 1 saturated heterocycles. The van der Waals surface area contributed by atoms with Crippen LogP contribution in [-0.4, -0.2) is 74.8 Å². The van der Waals surface area contributed by atoms with Gasteiger partial charge in [-0.05, 0) is 66.8 Å². The lowest BCUT2D eigenvalue weighted by molar-refractivity contribution is 0.139. The van der Waals surface area contributed by atoms with Crippen molar-refractivity contribution in [3.8, 4) is 22.0 Å². The minimum absolute atomic E-state index is 0.0782. The third-order valence-electron chi connectivity index (χ3n) is 8.50. The summed E-state index contributed by atoms with van der Waals surface area (Å²) in [5.41, 5.74) is 6.31. The summed E-state index contributed by atoms with van der Waals surface area (Å²) in [6, 6.07) is 25.6. The molecule has 52 heavy (non-hydrogen) atoms. The largest absolute Gasteiger partial charge is 0.491 e. The van der Waals surface area contributed by atoms with E-state index in [-0.39, 0.29) is 12.6 Å². The maximum atomic E-state index is 12.1. The van der Waals surface area contributed by atoms with Crippen LogP contribution >= 0.6 is 11.3 Å². The van der Waals surface area contributed by atoms with Gasteiger partial charge in [0.1, 0.15) is 24.0 Å². The topological polar surface area (TPSA) is 136 Å². The van der Waals surface area contributed by atoms with Crippen LogP contribution in [0.4, 0.5) is 9.59 Å². The minimum Gasteiger partial charge on any atom is -0.491 e. The van der Waals surface area contributed by atoms with E-state index in [1.807, 2.05) is 90.5 Å². The quantitative estimate of drug-likeness (QED) is 0.111. The van der Waals surface area contributed by atoms with Gasteiger partial charge < -0.3 is 25.0 Å². The van der Waals surface area contributed by atoms with E-state index in [0.717, 1.165) is 62.5 Å². The fraction of sp³-hybridized carbons (Fsp3) is 0.231. The molecule has 1 fully saturated rings. The zero-order chi connectivity index (χ0) is 35.5. The normalized spacial score (nSPS) is 12.8. The van der Waals surface area contributed by atoms with Crippen LogP contribution < -0.4 is 15.4 Å². The average Bonchev–Trinajstić information content (AvgIpc) is 3.95. The number of aryl methyl sites for hydroxylation is 1. The third kappa shape index (κ3) is 8.98. The van der Waals surface area contributed by atoms with E-state index in [2.05, 4.69) is 38.1 Å². The molecule has 0 unspecified atom stereocenters. The van der Waals surface area contributed by atoms with Crippen molar-refractivity contribution >= 4 is 46.5 Å². The molecule has 2 N–H and O–H groups in total. The van der Waals surface area contributed by atoms with Gasteiger partial charge in [-0.2, -0.15) is 0 Å². The van der Waals surface area contributed by atoms with Crippen LogP contribution in [0.1, 0.15) is 35.4 Å². The number of aromatic nitrogens is 5. The molecule has 12 nitrogen and oxygen atoms in total. The second kappa shape index (κ2) is 16.8. The van der Waals surface area contributed by atoms with Crippen molar-refractivity contribution in [2.75, 3.05) is 32.8 Å². The van der Waals surface area contributed by atoms with Crippen LogP contribution in [-0.2, 0) is 17.8 Å². The van der Waals surface area contributed by atoms with Crippen LogP contribution in [0.2, 0.25) is 0 Å². The Morgan fingerprint density at radius 2 is 1.94 bits per heavy atom. The van der Waals surface area contributed by atoms with Gasteiger partial charge in [0.15, 0.2) is 0 Å². The molecule has 4 heterocycles. The summed E-state index contributed by atoms with van der Waals surface area (Å²) >= 11 is 1.54. The van der Waals surface area contributed by atoms with Gasteiger partial charge in [-0.25, -0.2) is 19.3 Å². The number of carbonyl (C=O) groups excluding carboxylic acids is 2. The number of unbranched alkanes of at least 4 members (excludes halogenated alkanes) is 1.